The van der Waals surface area contributed by atoms with E-state index in [0.29, 0.717) is 0 Å². The molecule has 6 heteroatoms. The van der Waals surface area contributed by atoms with Gasteiger partial charge in [0.2, 0.25) is 0 Å². The van der Waals surface area contributed by atoms with Gasteiger partial charge in [-0.1, -0.05) is 0 Å². The van der Waals surface area contributed by atoms with Crippen molar-refractivity contribution in [2.75, 3.05) is 0 Å². The molecule has 0 amide bonds. The van der Waals surface area contributed by atoms with E-state index in [1.165, 1.54) is 0 Å². The van der Waals surface area contributed by atoms with Crippen molar-refractivity contribution in [2.24, 2.45) is 0 Å². The third-order valence-electron chi connectivity index (χ3n) is 0. The van der Waals surface area contributed by atoms with Gasteiger partial charge in [0.15, 0.2) is 0 Å². The van der Waals surface area contributed by atoms with Gasteiger partial charge < -0.3 is 14.9 Å². The molecule has 0 heterocycles. The fourth-order valence-corrected chi connectivity index (χ4v) is 0. The Morgan fingerprint density at radius 1 is 1.12 bits per heavy atom. The van der Waals surface area contributed by atoms with Gasteiger partial charge in [0.1, 0.15) is 0 Å². The molecule has 0 saturated carbocycles. The molecule has 0 aromatic rings. The smallest absolute Gasteiger partial charge is 0 e. The standard InChI is InChI=1S/2CH3.H3O2P.V.W.Y/c;;1-3-2;;;/h2*1H3;1-3H;;;/q2*-1;;;;. The van der Waals surface area contributed by atoms with Crippen LogP contribution in [0.3, 0.4) is 0 Å². The molecule has 0 aromatic heterocycles. The maximum Gasteiger partial charge on any atom is 0 e. The second kappa shape index (κ2) is 22.6. The quantitative estimate of drug-likeness (QED) is 0.440. The molecule has 0 atom stereocenters. The maximum absolute atomic E-state index is 7.69. The van der Waals surface area contributed by atoms with Crippen LogP contribution in [0.15, 0.2) is 0 Å². The second-order valence-electron chi connectivity index (χ2n) is 0.300. The van der Waals surface area contributed by atoms with Crippen LogP contribution in [-0.2, 0) is 70.2 Å². The third-order valence-corrected chi connectivity index (χ3v) is 0. The molecule has 0 unspecified atom stereocenters. The van der Waals surface area contributed by atoms with Crippen LogP contribution in [0.1, 0.15) is 0 Å². The molecule has 0 saturated heterocycles. The number of rotatable bonds is 0. The molecule has 0 aromatic carbocycles. The minimum atomic E-state index is -1.94. The monoisotopic (exact) mass is 420 g/mol. The van der Waals surface area contributed by atoms with Gasteiger partial charge in [-0.05, 0) is 0 Å². The largest absolute Gasteiger partial charge is 0.358 e. The zero-order chi connectivity index (χ0) is 3.58. The zero-order valence-corrected chi connectivity index (χ0v) is 13.0. The molecular weight excluding hydrogens is 411 g/mol. The summed E-state index contributed by atoms with van der Waals surface area (Å²) in [5, 5.41) is 0. The zero-order valence-electron chi connectivity index (χ0n) is 4.83. The van der Waals surface area contributed by atoms with Gasteiger partial charge in [-0.2, -0.15) is 0 Å². The summed E-state index contributed by atoms with van der Waals surface area (Å²) in [5.74, 6) is 0. The van der Waals surface area contributed by atoms with Crippen LogP contribution in [0.4, 0.5) is 0 Å². The van der Waals surface area contributed by atoms with Crippen LogP contribution in [0, 0.1) is 14.9 Å². The average Bonchev–Trinajstić information content (AvgIpc) is 0.811. The molecule has 0 aliphatic rings. The first kappa shape index (κ1) is 30.9. The summed E-state index contributed by atoms with van der Waals surface area (Å²) < 4.78 is 0. The predicted octanol–water partition coefficient (Wildman–Crippen LogP) is 0.373. The van der Waals surface area contributed by atoms with Crippen LogP contribution < -0.4 is 0 Å². The number of hydrogen-bond acceptors (Lipinski definition) is 2. The molecule has 0 spiro atoms. The van der Waals surface area contributed by atoms with E-state index in [-0.39, 0.29) is 68.6 Å². The molecule has 2 nitrogen and oxygen atoms in total. The molecule has 0 rings (SSSR count). The Balaban J connectivity index is -0.00000000750. The van der Waals surface area contributed by atoms with Gasteiger partial charge in [-0.15, -0.1) is 0 Å². The molecule has 8 heavy (non-hydrogen) atoms. The SMILES string of the molecule is O[PH](O)=[V].[CH3-].[CH3-].[W].[Y]. The first-order valence-electron chi connectivity index (χ1n) is 0.671. The Hall–Kier alpha value is 2.73. The molecule has 50 valence electrons. The van der Waals surface area contributed by atoms with Gasteiger partial charge in [0, 0.05) is 53.8 Å². The van der Waals surface area contributed by atoms with Crippen molar-refractivity contribution in [1.82, 2.24) is 0 Å². The first-order chi connectivity index (χ1) is 1.73. The Morgan fingerprint density at radius 3 is 1.12 bits per heavy atom. The van der Waals surface area contributed by atoms with E-state index < -0.39 is 6.40 Å². The third kappa shape index (κ3) is 70.1. The van der Waals surface area contributed by atoms with Gasteiger partial charge >= 0.3 is 32.7 Å². The summed E-state index contributed by atoms with van der Waals surface area (Å²) in [4.78, 5) is 15.4. The van der Waals surface area contributed by atoms with Crippen molar-refractivity contribution in [1.29, 1.82) is 0 Å². The number of hydrogen-bond donors (Lipinski definition) is 2. The summed E-state index contributed by atoms with van der Waals surface area (Å²) in [5.41, 5.74) is 0. The molecule has 0 aliphatic carbocycles. The molecule has 2 N–H and O–H groups in total. The summed E-state index contributed by atoms with van der Waals surface area (Å²) in [6.45, 7) is 0. The van der Waals surface area contributed by atoms with E-state index in [4.69, 9.17) is 9.79 Å². The summed E-state index contributed by atoms with van der Waals surface area (Å²) in [6, 6.07) is 0. The Morgan fingerprint density at radius 2 is 1.12 bits per heavy atom. The second-order valence-corrected chi connectivity index (χ2v) is 2.77. The topological polar surface area (TPSA) is 40.5 Å². The Kier molecular flexibility index (Phi) is 87.4. The minimum Gasteiger partial charge on any atom is -0.358 e. The van der Waals surface area contributed by atoms with Crippen molar-refractivity contribution < 1.29 is 80.0 Å². The molecule has 0 aliphatic heterocycles. The Bertz CT molecular complexity index is 43.0. The van der Waals surface area contributed by atoms with Gasteiger partial charge in [0.25, 0.3) is 0 Å². The van der Waals surface area contributed by atoms with Crippen molar-refractivity contribution >= 4 is 6.40 Å². The van der Waals surface area contributed by atoms with Gasteiger partial charge in [0.05, 0.1) is 0 Å². The average molecular weight is 420 g/mol. The molecule has 0 bridgehead atoms. The van der Waals surface area contributed by atoms with Gasteiger partial charge in [-0.25, -0.2) is 0 Å². The van der Waals surface area contributed by atoms with E-state index >= 15 is 0 Å². The fourth-order valence-electron chi connectivity index (χ4n) is 0. The van der Waals surface area contributed by atoms with E-state index in [0.717, 1.165) is 0 Å². The Labute approximate surface area is 99.9 Å². The van der Waals surface area contributed by atoms with Crippen LogP contribution in [0.25, 0.3) is 0 Å². The summed E-state index contributed by atoms with van der Waals surface area (Å²) in [6.07, 6.45) is -1.94. The molecular formula is C2H9O2PVWY-2. The van der Waals surface area contributed by atoms with E-state index in [2.05, 4.69) is 0 Å². The van der Waals surface area contributed by atoms with Crippen molar-refractivity contribution in [3.05, 3.63) is 14.9 Å². The van der Waals surface area contributed by atoms with Crippen LogP contribution in [0.2, 0.25) is 0 Å². The molecule has 1 radical (unpaired) electrons. The van der Waals surface area contributed by atoms with Crippen molar-refractivity contribution in [3.8, 4) is 0 Å². The maximum atomic E-state index is 7.69. The van der Waals surface area contributed by atoms with Crippen molar-refractivity contribution in [3.63, 3.8) is 0 Å². The van der Waals surface area contributed by atoms with Crippen LogP contribution in [-0.4, -0.2) is 9.79 Å². The van der Waals surface area contributed by atoms with Gasteiger partial charge in [-0.3, -0.25) is 0 Å². The summed E-state index contributed by atoms with van der Waals surface area (Å²) >= 11 is 1.75. The van der Waals surface area contributed by atoms with E-state index in [9.17, 15) is 0 Å². The van der Waals surface area contributed by atoms with Crippen LogP contribution >= 0.6 is 6.40 Å². The molecule has 0 fully saturated rings. The van der Waals surface area contributed by atoms with Crippen molar-refractivity contribution in [2.45, 2.75) is 0 Å². The predicted molar refractivity (Wildman–Crippen MR) is 25.6 cm³/mol. The van der Waals surface area contributed by atoms with E-state index in [1.54, 1.807) is 16.5 Å². The summed E-state index contributed by atoms with van der Waals surface area (Å²) in [7, 11) is 0. The minimum absolute atomic E-state index is 0. The van der Waals surface area contributed by atoms with E-state index in [1.807, 2.05) is 0 Å². The van der Waals surface area contributed by atoms with Crippen LogP contribution in [0.5, 0.6) is 0 Å². The fraction of sp³-hybridized carbons (Fsp3) is 0. The first-order valence-corrected chi connectivity index (χ1v) is 4.11. The normalized spacial score (nSPS) is 4.25.